The highest BCUT2D eigenvalue weighted by Crippen LogP contribution is 2.72. The van der Waals surface area contributed by atoms with Crippen molar-refractivity contribution in [3.8, 4) is 0 Å². The number of ketones is 1. The van der Waals surface area contributed by atoms with Crippen molar-refractivity contribution >= 4 is 17.7 Å². The smallest absolute Gasteiger partial charge is 0.338 e. The molecule has 3 spiro atoms. The summed E-state index contributed by atoms with van der Waals surface area (Å²) in [5, 5.41) is 11.4. The second-order valence-corrected chi connectivity index (χ2v) is 12.7. The number of ether oxygens (including phenoxy) is 6. The lowest BCUT2D eigenvalue weighted by atomic mass is 9.51. The number of rotatable bonds is 1. The lowest BCUT2D eigenvalue weighted by molar-refractivity contribution is -0.233. The van der Waals surface area contributed by atoms with Gasteiger partial charge in [0.1, 0.15) is 30.0 Å². The topological polar surface area (TPSA) is 133 Å². The molecule has 5 aliphatic heterocycles. The Bertz CT molecular complexity index is 1190. The molecule has 0 aromatic rings. The summed E-state index contributed by atoms with van der Waals surface area (Å²) in [4.78, 5) is 39.4. The van der Waals surface area contributed by atoms with Gasteiger partial charge in [-0.05, 0) is 39.5 Å². The number of carbonyl (C=O) groups excluding carboxylic acids is 3. The fraction of sp³-hybridized carbons (Fsp3) is 0.759. The zero-order valence-corrected chi connectivity index (χ0v) is 22.6. The minimum Gasteiger partial charge on any atom is -0.463 e. The zero-order chi connectivity index (χ0) is 27.4. The number of hydrogen-bond acceptors (Lipinski definition) is 10. The average Bonchev–Trinajstić information content (AvgIpc) is 3.81. The van der Waals surface area contributed by atoms with Crippen molar-refractivity contribution in [2.75, 3.05) is 19.8 Å². The Balaban J connectivity index is 1.29. The molecule has 2 aliphatic carbocycles. The van der Waals surface area contributed by atoms with Crippen molar-refractivity contribution in [1.82, 2.24) is 0 Å². The molecule has 0 aromatic heterocycles. The molecule has 0 radical (unpaired) electrons. The summed E-state index contributed by atoms with van der Waals surface area (Å²) in [6, 6.07) is 0. The molecule has 4 bridgehead atoms. The van der Waals surface area contributed by atoms with Crippen LogP contribution in [0.3, 0.4) is 0 Å². The number of fused-ring (bicyclic) bond motifs is 1. The molecule has 5 heterocycles. The standard InChI is InChI=1S/C29H36O10/c1-16-7-9-26-14-34-23(32)22-28(39-22)10-11-35-27(17(2)30,24(28)33)8-5-4-6-21(31)38-18-13-20(37-19(26)12-16)29(15-36-29)25(18,26)3/h4,6,12,18-20,22,24,33H,5,7-11,13-15H2,1-3H3/b6-4-/t18-,19-,20-,22+,24-,25-,26-,27+,28-,29-/m1/s1. The van der Waals surface area contributed by atoms with Gasteiger partial charge in [-0.2, -0.15) is 0 Å². The van der Waals surface area contributed by atoms with Gasteiger partial charge in [0.05, 0.1) is 30.8 Å². The first kappa shape index (κ1) is 25.8. The number of carbonyl (C=O) groups is 3. The van der Waals surface area contributed by atoms with E-state index in [1.807, 2.05) is 0 Å². The van der Waals surface area contributed by atoms with Gasteiger partial charge in [0.2, 0.25) is 0 Å². The van der Waals surface area contributed by atoms with Crippen molar-refractivity contribution in [3.05, 3.63) is 23.8 Å². The van der Waals surface area contributed by atoms with Gasteiger partial charge in [-0.25, -0.2) is 9.59 Å². The van der Waals surface area contributed by atoms with Crippen LogP contribution < -0.4 is 0 Å². The SMILES string of the molecule is CC(=O)[C@]12CC/C=C\C(=O)O[C@@H]3C[C@H]4O[C@@H]5C=C(C)CC[C@]5(COC(=O)[C@@H]5O[C@@]5(CCO1)[C@@H]2O)[C@]3(C)[C@@]41CO1. The lowest BCUT2D eigenvalue weighted by Gasteiger charge is -2.58. The second kappa shape index (κ2) is 8.22. The summed E-state index contributed by atoms with van der Waals surface area (Å²) in [5.74, 6) is -1.43. The van der Waals surface area contributed by atoms with Crippen LogP contribution in [-0.2, 0) is 42.8 Å². The molecule has 0 aromatic carbocycles. The van der Waals surface area contributed by atoms with E-state index in [1.54, 1.807) is 6.08 Å². The monoisotopic (exact) mass is 544 g/mol. The van der Waals surface area contributed by atoms with E-state index < -0.39 is 57.9 Å². The molecule has 10 atom stereocenters. The molecule has 5 fully saturated rings. The number of cyclic esters (lactones) is 1. The normalized spacial score (nSPS) is 53.0. The van der Waals surface area contributed by atoms with Crippen LogP contribution in [-0.4, -0.2) is 90.0 Å². The Labute approximate surface area is 226 Å². The molecule has 0 amide bonds. The predicted octanol–water partition coefficient (Wildman–Crippen LogP) is 1.71. The summed E-state index contributed by atoms with van der Waals surface area (Å²) >= 11 is 0. The third kappa shape index (κ3) is 3.18. The highest BCUT2D eigenvalue weighted by molar-refractivity contribution is 5.88. The lowest BCUT2D eigenvalue weighted by Crippen LogP contribution is -2.67. The maximum absolute atomic E-state index is 13.5. The van der Waals surface area contributed by atoms with Crippen LogP contribution >= 0.6 is 0 Å². The van der Waals surface area contributed by atoms with Gasteiger partial charge in [0.15, 0.2) is 17.5 Å². The van der Waals surface area contributed by atoms with Gasteiger partial charge in [-0.1, -0.05) is 24.6 Å². The van der Waals surface area contributed by atoms with Crippen LogP contribution in [0.5, 0.6) is 0 Å². The third-order valence-electron chi connectivity index (χ3n) is 11.2. The molecule has 7 aliphatic rings. The number of epoxide rings is 2. The third-order valence-corrected chi connectivity index (χ3v) is 11.2. The molecule has 1 saturated carbocycles. The van der Waals surface area contributed by atoms with Crippen molar-refractivity contribution < 1.29 is 47.9 Å². The van der Waals surface area contributed by atoms with Gasteiger partial charge in [-0.3, -0.25) is 4.79 Å². The molecule has 1 N–H and O–H groups in total. The number of aliphatic hydroxyl groups excluding tert-OH is 1. The molecular weight excluding hydrogens is 508 g/mol. The molecular formula is C29H36O10. The number of aliphatic hydroxyl groups is 1. The van der Waals surface area contributed by atoms with E-state index in [4.69, 9.17) is 28.4 Å². The molecule has 10 nitrogen and oxygen atoms in total. The fourth-order valence-corrected chi connectivity index (χ4v) is 8.58. The minimum absolute atomic E-state index is 0.0267. The summed E-state index contributed by atoms with van der Waals surface area (Å²) < 4.78 is 36.7. The summed E-state index contributed by atoms with van der Waals surface area (Å²) in [5.41, 5.74) is -3.54. The van der Waals surface area contributed by atoms with E-state index in [2.05, 4.69) is 19.9 Å². The second-order valence-electron chi connectivity index (χ2n) is 12.7. The number of allylic oxidation sites excluding steroid dienone is 2. The van der Waals surface area contributed by atoms with Gasteiger partial charge < -0.3 is 33.5 Å². The summed E-state index contributed by atoms with van der Waals surface area (Å²) in [6.07, 6.45) is 4.34. The maximum atomic E-state index is 13.5. The Kier molecular flexibility index (Phi) is 5.45. The van der Waals surface area contributed by atoms with Crippen LogP contribution in [0.15, 0.2) is 23.8 Å². The first-order chi connectivity index (χ1) is 18.5. The van der Waals surface area contributed by atoms with Gasteiger partial charge in [0, 0.05) is 24.3 Å². The van der Waals surface area contributed by atoms with Crippen molar-refractivity contribution in [3.63, 3.8) is 0 Å². The maximum Gasteiger partial charge on any atom is 0.338 e. The van der Waals surface area contributed by atoms with Gasteiger partial charge in [-0.15, -0.1) is 0 Å². The largest absolute Gasteiger partial charge is 0.463 e. The van der Waals surface area contributed by atoms with Crippen molar-refractivity contribution in [2.45, 2.75) is 107 Å². The van der Waals surface area contributed by atoms with E-state index in [9.17, 15) is 19.5 Å². The van der Waals surface area contributed by atoms with Crippen LogP contribution in [0, 0.1) is 10.8 Å². The van der Waals surface area contributed by atoms with Gasteiger partial charge in [0.25, 0.3) is 0 Å². The molecule has 4 saturated heterocycles. The molecule has 39 heavy (non-hydrogen) atoms. The Morgan fingerprint density at radius 3 is 2.64 bits per heavy atom. The number of Topliss-reactive ketones (excluding diaryl/α,β-unsaturated/α-hetero) is 1. The fourth-order valence-electron chi connectivity index (χ4n) is 8.58. The van der Waals surface area contributed by atoms with E-state index in [0.29, 0.717) is 19.4 Å². The van der Waals surface area contributed by atoms with Crippen LogP contribution in [0.4, 0.5) is 0 Å². The van der Waals surface area contributed by atoms with Gasteiger partial charge >= 0.3 is 11.9 Å². The van der Waals surface area contributed by atoms with Crippen molar-refractivity contribution in [2.24, 2.45) is 10.8 Å². The molecule has 7 rings (SSSR count). The number of esters is 2. The minimum atomic E-state index is -1.54. The average molecular weight is 545 g/mol. The van der Waals surface area contributed by atoms with Crippen LogP contribution in [0.25, 0.3) is 0 Å². The first-order valence-corrected chi connectivity index (χ1v) is 14.1. The number of hydrogen-bond donors (Lipinski definition) is 1. The predicted molar refractivity (Wildman–Crippen MR) is 132 cm³/mol. The van der Waals surface area contributed by atoms with E-state index in [-0.39, 0.29) is 50.5 Å². The Morgan fingerprint density at radius 2 is 1.90 bits per heavy atom. The zero-order valence-electron chi connectivity index (χ0n) is 22.6. The molecule has 0 unspecified atom stereocenters. The van der Waals surface area contributed by atoms with E-state index >= 15 is 0 Å². The highest BCUT2D eigenvalue weighted by atomic mass is 16.7. The van der Waals surface area contributed by atoms with Crippen LogP contribution in [0.2, 0.25) is 0 Å². The molecule has 10 heteroatoms. The Morgan fingerprint density at radius 1 is 1.10 bits per heavy atom. The molecule has 212 valence electrons. The summed E-state index contributed by atoms with van der Waals surface area (Å²) in [6.45, 7) is 6.20. The highest BCUT2D eigenvalue weighted by Gasteiger charge is 2.83. The van der Waals surface area contributed by atoms with E-state index in [1.165, 1.54) is 18.6 Å². The van der Waals surface area contributed by atoms with Crippen molar-refractivity contribution in [1.29, 1.82) is 0 Å². The Hall–Kier alpha value is -2.11. The van der Waals surface area contributed by atoms with Crippen LogP contribution in [0.1, 0.15) is 59.3 Å². The summed E-state index contributed by atoms with van der Waals surface area (Å²) in [7, 11) is 0. The first-order valence-electron chi connectivity index (χ1n) is 14.1. The quantitative estimate of drug-likeness (QED) is 0.295. The van der Waals surface area contributed by atoms with E-state index in [0.717, 1.165) is 6.42 Å².